The quantitative estimate of drug-likeness (QED) is 0.758. The van der Waals surface area contributed by atoms with E-state index in [1.165, 1.54) is 16.6 Å². The molecular formula is C23H26N4O. The van der Waals surface area contributed by atoms with Crippen molar-refractivity contribution >= 4 is 22.4 Å². The van der Waals surface area contributed by atoms with Gasteiger partial charge in [-0.15, -0.1) is 0 Å². The fourth-order valence-corrected chi connectivity index (χ4v) is 4.46. The van der Waals surface area contributed by atoms with Gasteiger partial charge < -0.3 is 14.9 Å². The van der Waals surface area contributed by atoms with Gasteiger partial charge in [0.15, 0.2) is 0 Å². The molecule has 0 radical (unpaired) electrons. The van der Waals surface area contributed by atoms with Crippen molar-refractivity contribution in [2.24, 2.45) is 5.92 Å². The van der Waals surface area contributed by atoms with Gasteiger partial charge in [0, 0.05) is 50.3 Å². The second kappa shape index (κ2) is 7.40. The lowest BCUT2D eigenvalue weighted by molar-refractivity contribution is 0.203. The highest BCUT2D eigenvalue weighted by Gasteiger charge is 2.32. The van der Waals surface area contributed by atoms with Crippen LogP contribution >= 0.6 is 0 Å². The second-order valence-electron chi connectivity index (χ2n) is 8.01. The fourth-order valence-electron chi connectivity index (χ4n) is 4.46. The van der Waals surface area contributed by atoms with E-state index < -0.39 is 0 Å². The Kier molecular flexibility index (Phi) is 4.61. The standard InChI is InChI=1S/C23H26N4O/c28-16-17-8-11-26(12-9-17)22-13-24-10-7-20(22)19-14-27(15-19)23-6-5-18-3-1-2-4-21(18)25-23/h1-7,10,13,17,19,28H,8-9,11-12,14-16H2. The maximum absolute atomic E-state index is 9.40. The van der Waals surface area contributed by atoms with E-state index in [4.69, 9.17) is 4.98 Å². The molecule has 2 aromatic heterocycles. The zero-order valence-electron chi connectivity index (χ0n) is 16.0. The van der Waals surface area contributed by atoms with Crippen molar-refractivity contribution < 1.29 is 5.11 Å². The van der Waals surface area contributed by atoms with Crippen LogP contribution in [0.5, 0.6) is 0 Å². The molecule has 0 spiro atoms. The molecule has 28 heavy (non-hydrogen) atoms. The number of aliphatic hydroxyl groups excluding tert-OH is 1. The molecule has 0 atom stereocenters. The number of nitrogens with zero attached hydrogens (tertiary/aromatic N) is 4. The predicted molar refractivity (Wildman–Crippen MR) is 113 cm³/mol. The van der Waals surface area contributed by atoms with E-state index in [9.17, 15) is 5.11 Å². The van der Waals surface area contributed by atoms with Crippen molar-refractivity contribution in [1.29, 1.82) is 0 Å². The van der Waals surface area contributed by atoms with Gasteiger partial charge >= 0.3 is 0 Å². The van der Waals surface area contributed by atoms with Gasteiger partial charge in [-0.1, -0.05) is 18.2 Å². The van der Waals surface area contributed by atoms with Gasteiger partial charge in [0.05, 0.1) is 17.4 Å². The van der Waals surface area contributed by atoms with Crippen LogP contribution in [0.2, 0.25) is 0 Å². The molecule has 1 N–H and O–H groups in total. The maximum atomic E-state index is 9.40. The van der Waals surface area contributed by atoms with Gasteiger partial charge in [-0.3, -0.25) is 4.98 Å². The highest BCUT2D eigenvalue weighted by molar-refractivity contribution is 5.80. The van der Waals surface area contributed by atoms with Crippen molar-refractivity contribution in [2.75, 3.05) is 42.6 Å². The van der Waals surface area contributed by atoms with Gasteiger partial charge in [0.1, 0.15) is 5.82 Å². The molecule has 2 saturated heterocycles. The largest absolute Gasteiger partial charge is 0.396 e. The Morgan fingerprint density at radius 3 is 2.61 bits per heavy atom. The van der Waals surface area contributed by atoms with Crippen LogP contribution in [0, 0.1) is 5.92 Å². The molecule has 4 heterocycles. The number of para-hydroxylation sites is 1. The van der Waals surface area contributed by atoms with E-state index in [2.05, 4.69) is 51.2 Å². The molecule has 0 aliphatic carbocycles. The van der Waals surface area contributed by atoms with Gasteiger partial charge in [-0.05, 0) is 48.6 Å². The Morgan fingerprint density at radius 2 is 1.79 bits per heavy atom. The zero-order valence-corrected chi connectivity index (χ0v) is 16.0. The lowest BCUT2D eigenvalue weighted by Gasteiger charge is -2.43. The van der Waals surface area contributed by atoms with Crippen molar-refractivity contribution in [3.05, 3.63) is 60.4 Å². The van der Waals surface area contributed by atoms with E-state index in [1.807, 2.05) is 18.5 Å². The first-order chi connectivity index (χ1) is 13.8. The van der Waals surface area contributed by atoms with Gasteiger partial charge in [0.25, 0.3) is 0 Å². The molecule has 0 bridgehead atoms. The number of rotatable bonds is 4. The fraction of sp³-hybridized carbons (Fsp3) is 0.391. The minimum Gasteiger partial charge on any atom is -0.396 e. The summed E-state index contributed by atoms with van der Waals surface area (Å²) in [5, 5.41) is 10.6. The molecule has 2 aliphatic rings. The molecule has 1 aromatic carbocycles. The van der Waals surface area contributed by atoms with Crippen LogP contribution in [0.3, 0.4) is 0 Å². The number of anilines is 2. The zero-order chi connectivity index (χ0) is 18.9. The summed E-state index contributed by atoms with van der Waals surface area (Å²) in [6.45, 7) is 4.31. The van der Waals surface area contributed by atoms with Crippen LogP contribution < -0.4 is 9.80 Å². The summed E-state index contributed by atoms with van der Waals surface area (Å²) in [6, 6.07) is 14.8. The molecule has 0 unspecified atom stereocenters. The van der Waals surface area contributed by atoms with E-state index in [0.717, 1.165) is 50.4 Å². The Labute approximate surface area is 165 Å². The summed E-state index contributed by atoms with van der Waals surface area (Å²) in [5.74, 6) is 2.03. The van der Waals surface area contributed by atoms with Crippen molar-refractivity contribution in [3.63, 3.8) is 0 Å². The van der Waals surface area contributed by atoms with E-state index in [0.29, 0.717) is 18.4 Å². The van der Waals surface area contributed by atoms with E-state index >= 15 is 0 Å². The number of hydrogen-bond donors (Lipinski definition) is 1. The molecular weight excluding hydrogens is 348 g/mol. The van der Waals surface area contributed by atoms with Crippen LogP contribution in [0.1, 0.15) is 24.3 Å². The Morgan fingerprint density at radius 1 is 0.964 bits per heavy atom. The lowest BCUT2D eigenvalue weighted by atomic mass is 9.89. The predicted octanol–water partition coefficient (Wildman–Crippen LogP) is 3.44. The van der Waals surface area contributed by atoms with Crippen LogP contribution in [0.4, 0.5) is 11.5 Å². The molecule has 5 nitrogen and oxygen atoms in total. The second-order valence-corrected chi connectivity index (χ2v) is 8.01. The molecule has 0 amide bonds. The molecule has 0 saturated carbocycles. The van der Waals surface area contributed by atoms with E-state index in [1.54, 1.807) is 0 Å². The molecule has 2 fully saturated rings. The summed E-state index contributed by atoms with van der Waals surface area (Å²) in [4.78, 5) is 14.0. The molecule has 2 aliphatic heterocycles. The topological polar surface area (TPSA) is 52.5 Å². The number of fused-ring (bicyclic) bond motifs is 1. The number of benzene rings is 1. The monoisotopic (exact) mass is 374 g/mol. The summed E-state index contributed by atoms with van der Waals surface area (Å²) in [7, 11) is 0. The Bertz CT molecular complexity index is 961. The minimum atomic E-state index is 0.310. The summed E-state index contributed by atoms with van der Waals surface area (Å²) in [6.07, 6.45) is 6.05. The molecule has 144 valence electrons. The Balaban J connectivity index is 1.31. The Hall–Kier alpha value is -2.66. The van der Waals surface area contributed by atoms with Crippen molar-refractivity contribution in [3.8, 4) is 0 Å². The maximum Gasteiger partial charge on any atom is 0.129 e. The summed E-state index contributed by atoms with van der Waals surface area (Å²) < 4.78 is 0. The molecule has 3 aromatic rings. The number of pyridine rings is 2. The van der Waals surface area contributed by atoms with Crippen LogP contribution in [0.25, 0.3) is 10.9 Å². The van der Waals surface area contributed by atoms with Gasteiger partial charge in [0.2, 0.25) is 0 Å². The molecule has 5 rings (SSSR count). The van der Waals surface area contributed by atoms with Crippen LogP contribution in [-0.2, 0) is 0 Å². The van der Waals surface area contributed by atoms with Gasteiger partial charge in [-0.2, -0.15) is 0 Å². The minimum absolute atomic E-state index is 0.310. The third kappa shape index (κ3) is 3.20. The SMILES string of the molecule is OCC1CCN(c2cnccc2C2CN(c3ccc4ccccc4n3)C2)CC1. The van der Waals surface area contributed by atoms with E-state index in [-0.39, 0.29) is 0 Å². The summed E-state index contributed by atoms with van der Waals surface area (Å²) >= 11 is 0. The highest BCUT2D eigenvalue weighted by Crippen LogP contribution is 2.37. The highest BCUT2D eigenvalue weighted by atomic mass is 16.3. The smallest absolute Gasteiger partial charge is 0.129 e. The van der Waals surface area contributed by atoms with Crippen molar-refractivity contribution in [1.82, 2.24) is 9.97 Å². The van der Waals surface area contributed by atoms with Crippen LogP contribution in [0.15, 0.2) is 54.9 Å². The average molecular weight is 374 g/mol. The number of hydrogen-bond acceptors (Lipinski definition) is 5. The van der Waals surface area contributed by atoms with Gasteiger partial charge in [-0.25, -0.2) is 4.98 Å². The van der Waals surface area contributed by atoms with Crippen LogP contribution in [-0.4, -0.2) is 47.9 Å². The normalized spacial score (nSPS) is 18.5. The number of piperidine rings is 1. The molecule has 5 heteroatoms. The first-order valence-electron chi connectivity index (χ1n) is 10.2. The number of aliphatic hydroxyl groups is 1. The summed E-state index contributed by atoms with van der Waals surface area (Å²) in [5.41, 5.74) is 3.73. The third-order valence-electron chi connectivity index (χ3n) is 6.28. The third-order valence-corrected chi connectivity index (χ3v) is 6.28. The lowest BCUT2D eigenvalue weighted by Crippen LogP contribution is -2.46. The van der Waals surface area contributed by atoms with Crippen molar-refractivity contribution in [2.45, 2.75) is 18.8 Å². The first-order valence-corrected chi connectivity index (χ1v) is 10.2. The average Bonchev–Trinajstić information content (AvgIpc) is 2.73. The number of aromatic nitrogens is 2. The first kappa shape index (κ1) is 17.4.